The smallest absolute Gasteiger partial charge is 0.250 e. The van der Waals surface area contributed by atoms with Crippen LogP contribution < -0.4 is 15.8 Å². The lowest BCUT2D eigenvalue weighted by Crippen LogP contribution is -2.18. The zero-order valence-corrected chi connectivity index (χ0v) is 12.6. The van der Waals surface area contributed by atoms with Gasteiger partial charge in [0.15, 0.2) is 11.6 Å². The van der Waals surface area contributed by atoms with Gasteiger partial charge in [0.1, 0.15) is 0 Å². The Bertz CT molecular complexity index is 732. The minimum atomic E-state index is -0.613. The van der Waals surface area contributed by atoms with Crippen LogP contribution in [0.15, 0.2) is 42.5 Å². The van der Waals surface area contributed by atoms with E-state index in [4.69, 9.17) is 10.5 Å². The van der Waals surface area contributed by atoms with Gasteiger partial charge >= 0.3 is 0 Å². The molecule has 0 saturated heterocycles. The third kappa shape index (κ3) is 4.29. The predicted octanol–water partition coefficient (Wildman–Crippen LogP) is 2.50. The summed E-state index contributed by atoms with van der Waals surface area (Å²) in [6.45, 7) is 0. The van der Waals surface area contributed by atoms with E-state index in [1.807, 2.05) is 0 Å². The van der Waals surface area contributed by atoms with Crippen LogP contribution in [-0.2, 0) is 11.2 Å². The highest BCUT2D eigenvalue weighted by Crippen LogP contribution is 2.19. The SMILES string of the molecule is COc1ccc(CCC(=O)Nc2ccccc2C(N)=O)cc1F. The Labute approximate surface area is 133 Å². The number of ether oxygens (including phenoxy) is 1. The third-order valence-electron chi connectivity index (χ3n) is 3.32. The molecule has 0 saturated carbocycles. The van der Waals surface area contributed by atoms with E-state index >= 15 is 0 Å². The molecule has 0 unspecified atom stereocenters. The number of rotatable bonds is 6. The molecule has 5 nitrogen and oxygen atoms in total. The molecule has 0 bridgehead atoms. The molecule has 0 spiro atoms. The van der Waals surface area contributed by atoms with Gasteiger partial charge < -0.3 is 15.8 Å². The summed E-state index contributed by atoms with van der Waals surface area (Å²) in [7, 11) is 1.39. The second-order valence-corrected chi connectivity index (χ2v) is 4.93. The Morgan fingerprint density at radius 1 is 1.22 bits per heavy atom. The van der Waals surface area contributed by atoms with Crippen molar-refractivity contribution in [3.05, 3.63) is 59.4 Å². The van der Waals surface area contributed by atoms with Gasteiger partial charge in [0.05, 0.1) is 18.4 Å². The summed E-state index contributed by atoms with van der Waals surface area (Å²) in [5, 5.41) is 2.64. The number of nitrogens with one attached hydrogen (secondary N) is 1. The lowest BCUT2D eigenvalue weighted by Gasteiger charge is -2.09. The van der Waals surface area contributed by atoms with Crippen LogP contribution in [0.5, 0.6) is 5.75 Å². The maximum atomic E-state index is 13.6. The van der Waals surface area contributed by atoms with Crippen LogP contribution in [0.3, 0.4) is 0 Å². The van der Waals surface area contributed by atoms with E-state index in [9.17, 15) is 14.0 Å². The molecule has 23 heavy (non-hydrogen) atoms. The average Bonchev–Trinajstić information content (AvgIpc) is 2.53. The van der Waals surface area contributed by atoms with Crippen LogP contribution >= 0.6 is 0 Å². The van der Waals surface area contributed by atoms with E-state index in [-0.39, 0.29) is 23.6 Å². The maximum absolute atomic E-state index is 13.6. The zero-order valence-electron chi connectivity index (χ0n) is 12.6. The Hall–Kier alpha value is -2.89. The highest BCUT2D eigenvalue weighted by molar-refractivity contribution is 6.02. The molecule has 3 N–H and O–H groups in total. The first-order chi connectivity index (χ1) is 11.0. The number of para-hydroxylation sites is 1. The fourth-order valence-electron chi connectivity index (χ4n) is 2.14. The van der Waals surface area contributed by atoms with Gasteiger partial charge in [0, 0.05) is 6.42 Å². The van der Waals surface area contributed by atoms with Crippen molar-refractivity contribution < 1.29 is 18.7 Å². The van der Waals surface area contributed by atoms with Crippen molar-refractivity contribution in [1.29, 1.82) is 0 Å². The Morgan fingerprint density at radius 3 is 2.61 bits per heavy atom. The lowest BCUT2D eigenvalue weighted by atomic mass is 10.1. The third-order valence-corrected chi connectivity index (χ3v) is 3.32. The molecule has 0 aliphatic rings. The van der Waals surface area contributed by atoms with Gasteiger partial charge in [-0.3, -0.25) is 9.59 Å². The molecule has 0 heterocycles. The van der Waals surface area contributed by atoms with Crippen molar-refractivity contribution in [1.82, 2.24) is 0 Å². The molecule has 6 heteroatoms. The van der Waals surface area contributed by atoms with E-state index in [0.717, 1.165) is 0 Å². The molecular formula is C17H17FN2O3. The molecule has 0 fully saturated rings. The number of carbonyl (C=O) groups excluding carboxylic acids is 2. The Balaban J connectivity index is 1.98. The highest BCUT2D eigenvalue weighted by atomic mass is 19.1. The summed E-state index contributed by atoms with van der Waals surface area (Å²) in [4.78, 5) is 23.3. The number of hydrogen-bond acceptors (Lipinski definition) is 3. The van der Waals surface area contributed by atoms with Gasteiger partial charge in [-0.2, -0.15) is 0 Å². The largest absolute Gasteiger partial charge is 0.494 e. The molecule has 2 aromatic rings. The van der Waals surface area contributed by atoms with Gasteiger partial charge in [-0.05, 0) is 36.2 Å². The van der Waals surface area contributed by atoms with Crippen molar-refractivity contribution in [3.63, 3.8) is 0 Å². The van der Waals surface area contributed by atoms with Crippen molar-refractivity contribution in [2.45, 2.75) is 12.8 Å². The van der Waals surface area contributed by atoms with Crippen LogP contribution in [0.2, 0.25) is 0 Å². The maximum Gasteiger partial charge on any atom is 0.250 e. The van der Waals surface area contributed by atoms with E-state index < -0.39 is 11.7 Å². The van der Waals surface area contributed by atoms with Crippen LogP contribution in [0.1, 0.15) is 22.3 Å². The minimum Gasteiger partial charge on any atom is -0.494 e. The van der Waals surface area contributed by atoms with E-state index in [0.29, 0.717) is 17.7 Å². The molecule has 120 valence electrons. The van der Waals surface area contributed by atoms with E-state index in [2.05, 4.69) is 5.32 Å². The molecule has 2 rings (SSSR count). The number of anilines is 1. The number of nitrogens with two attached hydrogens (primary N) is 1. The fourth-order valence-corrected chi connectivity index (χ4v) is 2.14. The summed E-state index contributed by atoms with van der Waals surface area (Å²) in [6, 6.07) is 11.1. The van der Waals surface area contributed by atoms with Crippen molar-refractivity contribution in [2.75, 3.05) is 12.4 Å². The molecule has 2 aromatic carbocycles. The number of halogens is 1. The molecule has 2 amide bonds. The number of aryl methyl sites for hydroxylation is 1. The van der Waals surface area contributed by atoms with Crippen LogP contribution in [-0.4, -0.2) is 18.9 Å². The normalized spacial score (nSPS) is 10.2. The average molecular weight is 316 g/mol. The quantitative estimate of drug-likeness (QED) is 0.859. The first-order valence-corrected chi connectivity index (χ1v) is 7.02. The minimum absolute atomic E-state index is 0.152. The highest BCUT2D eigenvalue weighted by Gasteiger charge is 2.11. The Kier molecular flexibility index (Phi) is 5.30. The summed E-state index contributed by atoms with van der Waals surface area (Å²) in [6.07, 6.45) is 0.518. The standard InChI is InChI=1S/C17H17FN2O3/c1-23-15-8-6-11(10-13(15)18)7-9-16(21)20-14-5-3-2-4-12(14)17(19)22/h2-6,8,10H,7,9H2,1H3,(H2,19,22)(H,20,21). The van der Waals surface area contributed by atoms with E-state index in [1.165, 1.54) is 25.3 Å². The first kappa shape index (κ1) is 16.5. The van der Waals surface area contributed by atoms with Crippen LogP contribution in [0.4, 0.5) is 10.1 Å². The Morgan fingerprint density at radius 2 is 1.96 bits per heavy atom. The number of methoxy groups -OCH3 is 1. The van der Waals surface area contributed by atoms with Crippen LogP contribution in [0.25, 0.3) is 0 Å². The number of primary amides is 1. The van der Waals surface area contributed by atoms with Gasteiger partial charge in [-0.25, -0.2) is 4.39 Å². The van der Waals surface area contributed by atoms with Gasteiger partial charge in [-0.1, -0.05) is 18.2 Å². The number of benzene rings is 2. The number of amides is 2. The van der Waals surface area contributed by atoms with E-state index in [1.54, 1.807) is 24.3 Å². The predicted molar refractivity (Wildman–Crippen MR) is 84.9 cm³/mol. The van der Waals surface area contributed by atoms with Gasteiger partial charge in [0.2, 0.25) is 5.91 Å². The summed E-state index contributed by atoms with van der Waals surface area (Å²) >= 11 is 0. The van der Waals surface area contributed by atoms with Gasteiger partial charge in [-0.15, -0.1) is 0 Å². The summed E-state index contributed by atoms with van der Waals surface area (Å²) in [5.74, 6) is -1.20. The van der Waals surface area contributed by atoms with Crippen molar-refractivity contribution in [2.24, 2.45) is 5.73 Å². The van der Waals surface area contributed by atoms with Crippen molar-refractivity contribution >= 4 is 17.5 Å². The monoisotopic (exact) mass is 316 g/mol. The first-order valence-electron chi connectivity index (χ1n) is 7.02. The number of carbonyl (C=O) groups is 2. The fraction of sp³-hybridized carbons (Fsp3) is 0.176. The molecule has 0 radical (unpaired) electrons. The second kappa shape index (κ2) is 7.40. The topological polar surface area (TPSA) is 81.4 Å². The zero-order chi connectivity index (χ0) is 16.8. The summed E-state index contributed by atoms with van der Waals surface area (Å²) < 4.78 is 18.4. The molecule has 0 aliphatic heterocycles. The number of hydrogen-bond donors (Lipinski definition) is 2. The van der Waals surface area contributed by atoms with Crippen molar-refractivity contribution in [3.8, 4) is 5.75 Å². The lowest BCUT2D eigenvalue weighted by molar-refractivity contribution is -0.116. The molecular weight excluding hydrogens is 299 g/mol. The van der Waals surface area contributed by atoms with Gasteiger partial charge in [0.25, 0.3) is 5.91 Å². The molecule has 0 aromatic heterocycles. The summed E-state index contributed by atoms with van der Waals surface area (Å²) in [5.41, 5.74) is 6.55. The molecule has 0 aliphatic carbocycles. The second-order valence-electron chi connectivity index (χ2n) is 4.93. The molecule has 0 atom stereocenters. The van der Waals surface area contributed by atoms with Crippen LogP contribution in [0, 0.1) is 5.82 Å².